The van der Waals surface area contributed by atoms with Gasteiger partial charge in [-0.2, -0.15) is 0 Å². The third kappa shape index (κ3) is 1.72. The molecule has 1 aliphatic heterocycles. The second kappa shape index (κ2) is 3.76. The second-order valence-corrected chi connectivity index (χ2v) is 3.20. The molecular formula is C10H11FN2O2. The fourth-order valence-electron chi connectivity index (χ4n) is 1.53. The molecular weight excluding hydrogens is 199 g/mol. The molecule has 1 aromatic rings. The minimum absolute atomic E-state index is 0.265. The number of carbonyl (C=O) groups is 1. The van der Waals surface area contributed by atoms with Crippen molar-refractivity contribution in [1.29, 1.82) is 0 Å². The van der Waals surface area contributed by atoms with Gasteiger partial charge in [-0.1, -0.05) is 0 Å². The maximum absolute atomic E-state index is 13.6. The number of nitrogens with one attached hydrogen (secondary N) is 1. The van der Waals surface area contributed by atoms with Gasteiger partial charge < -0.3 is 10.1 Å². The molecule has 80 valence electrons. The maximum Gasteiger partial charge on any atom is 0.322 e. The Morgan fingerprint density at radius 2 is 2.33 bits per heavy atom. The maximum atomic E-state index is 13.6. The molecule has 2 amide bonds. The van der Waals surface area contributed by atoms with Crippen molar-refractivity contribution in [2.24, 2.45) is 0 Å². The van der Waals surface area contributed by atoms with Gasteiger partial charge in [0.2, 0.25) is 0 Å². The molecule has 15 heavy (non-hydrogen) atoms. The normalized spacial score (nSPS) is 15.3. The van der Waals surface area contributed by atoms with E-state index in [2.05, 4.69) is 5.32 Å². The summed E-state index contributed by atoms with van der Waals surface area (Å²) in [6, 6.07) is 4.17. The van der Waals surface area contributed by atoms with E-state index in [4.69, 9.17) is 4.74 Å². The number of amides is 2. The van der Waals surface area contributed by atoms with E-state index in [9.17, 15) is 9.18 Å². The smallest absolute Gasteiger partial charge is 0.322 e. The summed E-state index contributed by atoms with van der Waals surface area (Å²) >= 11 is 0. The number of hydrogen-bond donors (Lipinski definition) is 1. The van der Waals surface area contributed by atoms with Gasteiger partial charge >= 0.3 is 6.03 Å². The van der Waals surface area contributed by atoms with E-state index in [1.807, 2.05) is 0 Å². The van der Waals surface area contributed by atoms with Crippen LogP contribution in [0.3, 0.4) is 0 Å². The molecule has 1 N–H and O–H groups in total. The zero-order valence-corrected chi connectivity index (χ0v) is 8.29. The van der Waals surface area contributed by atoms with Gasteiger partial charge in [-0.25, -0.2) is 9.18 Å². The van der Waals surface area contributed by atoms with Gasteiger partial charge in [0.05, 0.1) is 12.8 Å². The monoisotopic (exact) mass is 210 g/mol. The van der Waals surface area contributed by atoms with Gasteiger partial charge in [-0.3, -0.25) is 4.90 Å². The Kier molecular flexibility index (Phi) is 2.45. The minimum Gasteiger partial charge on any atom is -0.497 e. The van der Waals surface area contributed by atoms with Gasteiger partial charge in [0.1, 0.15) is 5.75 Å². The highest BCUT2D eigenvalue weighted by molar-refractivity contribution is 5.94. The molecule has 0 bridgehead atoms. The summed E-state index contributed by atoms with van der Waals surface area (Å²) in [7, 11) is 1.47. The van der Waals surface area contributed by atoms with Crippen molar-refractivity contribution in [3.63, 3.8) is 0 Å². The molecule has 1 aromatic carbocycles. The summed E-state index contributed by atoms with van der Waals surface area (Å²) in [5.41, 5.74) is 0.283. The number of nitrogens with zero attached hydrogens (tertiary/aromatic N) is 1. The summed E-state index contributed by atoms with van der Waals surface area (Å²) in [6.45, 7) is 1.03. The van der Waals surface area contributed by atoms with Gasteiger partial charge in [0.25, 0.3) is 0 Å². The fourth-order valence-corrected chi connectivity index (χ4v) is 1.53. The van der Waals surface area contributed by atoms with Crippen LogP contribution in [0.1, 0.15) is 0 Å². The van der Waals surface area contributed by atoms with E-state index in [1.165, 1.54) is 18.1 Å². The van der Waals surface area contributed by atoms with Crippen LogP contribution in [0.25, 0.3) is 0 Å². The van der Waals surface area contributed by atoms with Crippen molar-refractivity contribution in [1.82, 2.24) is 5.32 Å². The summed E-state index contributed by atoms with van der Waals surface area (Å²) in [5, 5.41) is 2.61. The lowest BCUT2D eigenvalue weighted by molar-refractivity contribution is 0.252. The number of methoxy groups -OCH3 is 1. The first-order chi connectivity index (χ1) is 7.22. The Bertz CT molecular complexity index is 395. The van der Waals surface area contributed by atoms with E-state index in [0.717, 1.165) is 0 Å². The molecule has 0 radical (unpaired) electrons. The first-order valence-electron chi connectivity index (χ1n) is 4.61. The Morgan fingerprint density at radius 1 is 1.53 bits per heavy atom. The number of halogens is 1. The number of rotatable bonds is 2. The molecule has 1 heterocycles. The third-order valence-electron chi connectivity index (χ3n) is 2.30. The molecule has 1 fully saturated rings. The first-order valence-corrected chi connectivity index (χ1v) is 4.61. The number of hydrogen-bond acceptors (Lipinski definition) is 2. The van der Waals surface area contributed by atoms with Crippen molar-refractivity contribution in [2.75, 3.05) is 25.1 Å². The van der Waals surface area contributed by atoms with E-state index < -0.39 is 5.82 Å². The zero-order valence-electron chi connectivity index (χ0n) is 8.29. The highest BCUT2D eigenvalue weighted by Gasteiger charge is 2.23. The topological polar surface area (TPSA) is 41.6 Å². The molecule has 1 aliphatic rings. The summed E-state index contributed by atoms with van der Waals surface area (Å²) in [6.07, 6.45) is 0. The second-order valence-electron chi connectivity index (χ2n) is 3.20. The molecule has 0 aromatic heterocycles. The van der Waals surface area contributed by atoms with Crippen molar-refractivity contribution in [2.45, 2.75) is 0 Å². The number of anilines is 1. The molecule has 5 heteroatoms. The highest BCUT2D eigenvalue weighted by atomic mass is 19.1. The molecule has 0 unspecified atom stereocenters. The lowest BCUT2D eigenvalue weighted by Crippen LogP contribution is -2.28. The largest absolute Gasteiger partial charge is 0.497 e. The standard InChI is InChI=1S/C10H11FN2O2/c1-15-7-2-3-9(8(11)6-7)13-5-4-12-10(13)14/h2-3,6H,4-5H2,1H3,(H,12,14). The zero-order chi connectivity index (χ0) is 10.8. The SMILES string of the molecule is COc1ccc(N2CCNC2=O)c(F)c1. The number of benzene rings is 1. The van der Waals surface area contributed by atoms with Crippen molar-refractivity contribution >= 4 is 11.7 Å². The van der Waals surface area contributed by atoms with Crippen LogP contribution in [-0.2, 0) is 0 Å². The lowest BCUT2D eigenvalue weighted by atomic mass is 10.2. The average molecular weight is 210 g/mol. The van der Waals surface area contributed by atoms with Crippen LogP contribution in [0.2, 0.25) is 0 Å². The molecule has 4 nitrogen and oxygen atoms in total. The summed E-state index contributed by atoms with van der Waals surface area (Å²) < 4.78 is 18.4. The van der Waals surface area contributed by atoms with Gasteiger partial charge in [0.15, 0.2) is 5.82 Å². The van der Waals surface area contributed by atoms with E-state index in [1.54, 1.807) is 12.1 Å². The first kappa shape index (κ1) is 9.76. The number of ether oxygens (including phenoxy) is 1. The third-order valence-corrected chi connectivity index (χ3v) is 2.30. The van der Waals surface area contributed by atoms with E-state index in [0.29, 0.717) is 18.8 Å². The number of urea groups is 1. The van der Waals surface area contributed by atoms with Gasteiger partial charge in [-0.05, 0) is 12.1 Å². The van der Waals surface area contributed by atoms with Crippen LogP contribution in [0.15, 0.2) is 18.2 Å². The van der Waals surface area contributed by atoms with Crippen molar-refractivity contribution in [3.05, 3.63) is 24.0 Å². The highest BCUT2D eigenvalue weighted by Crippen LogP contribution is 2.24. The van der Waals surface area contributed by atoms with Crippen LogP contribution >= 0.6 is 0 Å². The van der Waals surface area contributed by atoms with Gasteiger partial charge in [-0.15, -0.1) is 0 Å². The number of carbonyl (C=O) groups excluding carboxylic acids is 1. The Balaban J connectivity index is 2.32. The fraction of sp³-hybridized carbons (Fsp3) is 0.300. The molecule has 1 saturated heterocycles. The molecule has 0 aliphatic carbocycles. The Hall–Kier alpha value is -1.78. The summed E-state index contributed by atoms with van der Waals surface area (Å²) in [5.74, 6) is -0.0118. The molecule has 0 atom stereocenters. The molecule has 0 spiro atoms. The average Bonchev–Trinajstić information content (AvgIpc) is 2.64. The predicted molar refractivity (Wildman–Crippen MR) is 53.7 cm³/mol. The van der Waals surface area contributed by atoms with E-state index in [-0.39, 0.29) is 11.7 Å². The van der Waals surface area contributed by atoms with Crippen LogP contribution in [0.4, 0.5) is 14.9 Å². The van der Waals surface area contributed by atoms with Crippen LogP contribution in [0, 0.1) is 5.82 Å². The molecule has 2 rings (SSSR count). The van der Waals surface area contributed by atoms with E-state index >= 15 is 0 Å². The van der Waals surface area contributed by atoms with Crippen LogP contribution < -0.4 is 15.0 Å². The quantitative estimate of drug-likeness (QED) is 0.800. The predicted octanol–water partition coefficient (Wildman–Crippen LogP) is 1.36. The van der Waals surface area contributed by atoms with Crippen LogP contribution in [0.5, 0.6) is 5.75 Å². The van der Waals surface area contributed by atoms with Crippen molar-refractivity contribution < 1.29 is 13.9 Å². The van der Waals surface area contributed by atoms with Crippen LogP contribution in [-0.4, -0.2) is 26.2 Å². The lowest BCUT2D eigenvalue weighted by Gasteiger charge is -2.15. The Morgan fingerprint density at radius 3 is 2.87 bits per heavy atom. The molecule has 0 saturated carbocycles. The minimum atomic E-state index is -0.452. The Labute approximate surface area is 86.6 Å². The van der Waals surface area contributed by atoms with Gasteiger partial charge in [0, 0.05) is 19.2 Å². The van der Waals surface area contributed by atoms with Crippen molar-refractivity contribution in [3.8, 4) is 5.75 Å². The summed E-state index contributed by atoms with van der Waals surface area (Å²) in [4.78, 5) is 12.7.